The molecule has 0 aromatic rings. The Kier molecular flexibility index (Phi) is 7.15. The van der Waals surface area contributed by atoms with Crippen molar-refractivity contribution in [2.24, 2.45) is 0 Å². The van der Waals surface area contributed by atoms with Crippen LogP contribution in [0.15, 0.2) is 0 Å². The minimum atomic E-state index is -1.91. The van der Waals surface area contributed by atoms with Gasteiger partial charge in [-0.05, 0) is 31.5 Å². The molecule has 3 nitrogen and oxygen atoms in total. The number of carbonyl (C=O) groups excluding carboxylic acids is 1. The molecular formula is C14H30O3Si. The zero-order chi connectivity index (χ0) is 14.4. The maximum absolute atomic E-state index is 11.9. The first-order chi connectivity index (χ1) is 8.15. The maximum Gasteiger partial charge on any atom is 0.333 e. The van der Waals surface area contributed by atoms with Gasteiger partial charge in [-0.3, -0.25) is 0 Å². The third kappa shape index (κ3) is 5.53. The van der Waals surface area contributed by atoms with Crippen molar-refractivity contribution < 1.29 is 14.0 Å². The molecule has 0 aromatic heterocycles. The van der Waals surface area contributed by atoms with E-state index in [1.807, 2.05) is 6.92 Å². The standard InChI is InChI=1S/C14H30O3Si/c1-8-10-11-12(13(15)16-9-2)17-18(6,7)14(3,4)5/h12H,8-11H2,1-7H3/t12-/m0/s1. The van der Waals surface area contributed by atoms with Gasteiger partial charge in [0.2, 0.25) is 0 Å². The Hall–Kier alpha value is -0.353. The molecule has 108 valence electrons. The molecule has 0 unspecified atom stereocenters. The Bertz CT molecular complexity index is 256. The first kappa shape index (κ1) is 17.6. The molecule has 0 N–H and O–H groups in total. The van der Waals surface area contributed by atoms with Crippen LogP contribution < -0.4 is 0 Å². The van der Waals surface area contributed by atoms with E-state index in [2.05, 4.69) is 40.8 Å². The molecule has 0 spiro atoms. The lowest BCUT2D eigenvalue weighted by Gasteiger charge is -2.38. The highest BCUT2D eigenvalue weighted by Gasteiger charge is 2.40. The van der Waals surface area contributed by atoms with E-state index in [9.17, 15) is 4.79 Å². The van der Waals surface area contributed by atoms with Crippen molar-refractivity contribution in [2.45, 2.75) is 78.1 Å². The highest BCUT2D eigenvalue weighted by atomic mass is 28.4. The summed E-state index contributed by atoms with van der Waals surface area (Å²) in [6, 6.07) is 0. The Morgan fingerprint density at radius 1 is 1.22 bits per heavy atom. The SMILES string of the molecule is CCCC[C@H](O[Si](C)(C)C(C)(C)C)C(=O)OCC. The lowest BCUT2D eigenvalue weighted by molar-refractivity contribution is -0.152. The summed E-state index contributed by atoms with van der Waals surface area (Å²) < 4.78 is 11.3. The van der Waals surface area contributed by atoms with E-state index in [0.717, 1.165) is 19.3 Å². The van der Waals surface area contributed by atoms with Gasteiger partial charge in [0, 0.05) is 0 Å². The predicted molar refractivity (Wildman–Crippen MR) is 78.2 cm³/mol. The van der Waals surface area contributed by atoms with Crippen LogP contribution in [0.3, 0.4) is 0 Å². The van der Waals surface area contributed by atoms with Crippen LogP contribution in [-0.4, -0.2) is 27.0 Å². The van der Waals surface area contributed by atoms with Gasteiger partial charge in [-0.2, -0.15) is 0 Å². The van der Waals surface area contributed by atoms with Gasteiger partial charge in [0.25, 0.3) is 0 Å². The molecule has 0 aromatic carbocycles. The normalized spacial score (nSPS) is 14.4. The first-order valence-electron chi connectivity index (χ1n) is 7.00. The van der Waals surface area contributed by atoms with Crippen molar-refractivity contribution in [2.75, 3.05) is 6.61 Å². The van der Waals surface area contributed by atoms with Crippen molar-refractivity contribution >= 4 is 14.3 Å². The average Bonchev–Trinajstić information content (AvgIpc) is 2.22. The summed E-state index contributed by atoms with van der Waals surface area (Å²) in [5.74, 6) is -0.198. The molecular weight excluding hydrogens is 244 g/mol. The minimum absolute atomic E-state index is 0.115. The highest BCUT2D eigenvalue weighted by Crippen LogP contribution is 2.37. The first-order valence-corrected chi connectivity index (χ1v) is 9.91. The molecule has 0 rings (SSSR count). The summed E-state index contributed by atoms with van der Waals surface area (Å²) in [5.41, 5.74) is 0. The lowest BCUT2D eigenvalue weighted by atomic mass is 10.2. The van der Waals surface area contributed by atoms with E-state index in [-0.39, 0.29) is 17.1 Å². The van der Waals surface area contributed by atoms with Crippen LogP contribution >= 0.6 is 0 Å². The highest BCUT2D eigenvalue weighted by molar-refractivity contribution is 6.74. The van der Waals surface area contributed by atoms with Crippen molar-refractivity contribution in [3.05, 3.63) is 0 Å². The van der Waals surface area contributed by atoms with E-state index in [1.54, 1.807) is 0 Å². The second-order valence-corrected chi connectivity index (χ2v) is 11.0. The van der Waals surface area contributed by atoms with Crippen LogP contribution in [0.5, 0.6) is 0 Å². The number of rotatable bonds is 7. The van der Waals surface area contributed by atoms with Crippen LogP contribution in [0, 0.1) is 0 Å². The number of ether oxygens (including phenoxy) is 1. The molecule has 1 atom stereocenters. The van der Waals surface area contributed by atoms with E-state index < -0.39 is 8.32 Å². The molecule has 18 heavy (non-hydrogen) atoms. The molecule has 0 aliphatic rings. The number of hydrogen-bond donors (Lipinski definition) is 0. The molecule has 0 bridgehead atoms. The average molecular weight is 274 g/mol. The van der Waals surface area contributed by atoms with E-state index in [4.69, 9.17) is 9.16 Å². The van der Waals surface area contributed by atoms with Crippen LogP contribution in [0.4, 0.5) is 0 Å². The second-order valence-electron chi connectivity index (χ2n) is 6.26. The smallest absolute Gasteiger partial charge is 0.333 e. The predicted octanol–water partition coefficient (Wildman–Crippen LogP) is 4.13. The Morgan fingerprint density at radius 2 is 1.78 bits per heavy atom. The summed E-state index contributed by atoms with van der Waals surface area (Å²) in [6.07, 6.45) is 2.45. The fourth-order valence-corrected chi connectivity index (χ4v) is 2.66. The lowest BCUT2D eigenvalue weighted by Crippen LogP contribution is -2.46. The van der Waals surface area contributed by atoms with Gasteiger partial charge in [0.15, 0.2) is 8.32 Å². The molecule has 0 aliphatic carbocycles. The van der Waals surface area contributed by atoms with Gasteiger partial charge in [0.05, 0.1) is 6.61 Å². The van der Waals surface area contributed by atoms with Gasteiger partial charge in [0.1, 0.15) is 6.10 Å². The third-order valence-corrected chi connectivity index (χ3v) is 8.10. The summed E-state index contributed by atoms with van der Waals surface area (Å²) in [4.78, 5) is 11.9. The Balaban J connectivity index is 4.72. The van der Waals surface area contributed by atoms with Gasteiger partial charge < -0.3 is 9.16 Å². The quantitative estimate of drug-likeness (QED) is 0.517. The van der Waals surface area contributed by atoms with E-state index in [1.165, 1.54) is 0 Å². The number of hydrogen-bond acceptors (Lipinski definition) is 3. The van der Waals surface area contributed by atoms with Crippen LogP contribution in [0.2, 0.25) is 18.1 Å². The van der Waals surface area contributed by atoms with Gasteiger partial charge in [-0.25, -0.2) is 4.79 Å². The fraction of sp³-hybridized carbons (Fsp3) is 0.929. The van der Waals surface area contributed by atoms with Crippen molar-refractivity contribution in [1.82, 2.24) is 0 Å². The molecule has 0 aliphatic heterocycles. The summed E-state index contributed by atoms with van der Waals surface area (Å²) in [5, 5.41) is 0.115. The number of carbonyl (C=O) groups is 1. The Labute approximate surface area is 113 Å². The van der Waals surface area contributed by atoms with Crippen LogP contribution in [0.25, 0.3) is 0 Å². The zero-order valence-corrected chi connectivity index (χ0v) is 14.1. The molecule has 0 amide bonds. The second kappa shape index (κ2) is 7.29. The summed E-state index contributed by atoms with van der Waals surface area (Å²) in [6.45, 7) is 15.3. The topological polar surface area (TPSA) is 35.5 Å². The molecule has 0 radical (unpaired) electrons. The molecule has 0 saturated heterocycles. The van der Waals surface area contributed by atoms with Crippen LogP contribution in [-0.2, 0) is 14.0 Å². The van der Waals surface area contributed by atoms with E-state index in [0.29, 0.717) is 6.61 Å². The van der Waals surface area contributed by atoms with Crippen LogP contribution in [0.1, 0.15) is 53.9 Å². The Morgan fingerprint density at radius 3 is 2.17 bits per heavy atom. The van der Waals surface area contributed by atoms with Crippen molar-refractivity contribution in [1.29, 1.82) is 0 Å². The molecule has 4 heteroatoms. The molecule has 0 fully saturated rings. The minimum Gasteiger partial charge on any atom is -0.464 e. The van der Waals surface area contributed by atoms with Crippen molar-refractivity contribution in [3.8, 4) is 0 Å². The number of unbranched alkanes of at least 4 members (excludes halogenated alkanes) is 1. The van der Waals surface area contributed by atoms with Gasteiger partial charge in [-0.1, -0.05) is 40.5 Å². The molecule has 0 heterocycles. The monoisotopic (exact) mass is 274 g/mol. The van der Waals surface area contributed by atoms with E-state index >= 15 is 0 Å². The van der Waals surface area contributed by atoms with Gasteiger partial charge in [-0.15, -0.1) is 0 Å². The van der Waals surface area contributed by atoms with Crippen molar-refractivity contribution in [3.63, 3.8) is 0 Å². The van der Waals surface area contributed by atoms with Gasteiger partial charge >= 0.3 is 5.97 Å². The fourth-order valence-electron chi connectivity index (χ4n) is 1.38. The summed E-state index contributed by atoms with van der Waals surface area (Å²) >= 11 is 0. The molecule has 0 saturated carbocycles. The largest absolute Gasteiger partial charge is 0.464 e. The maximum atomic E-state index is 11.9. The number of esters is 1. The summed E-state index contributed by atoms with van der Waals surface area (Å²) in [7, 11) is -1.91. The zero-order valence-electron chi connectivity index (χ0n) is 13.1. The third-order valence-electron chi connectivity index (χ3n) is 3.61.